The number of anilines is 1. The fourth-order valence-electron chi connectivity index (χ4n) is 9.09. The van der Waals surface area contributed by atoms with Crippen molar-refractivity contribution in [2.24, 2.45) is 13.0 Å². The molecule has 1 saturated carbocycles. The molecule has 0 bridgehead atoms. The van der Waals surface area contributed by atoms with Crippen LogP contribution >= 0.6 is 11.3 Å². The van der Waals surface area contributed by atoms with Crippen LogP contribution in [0.2, 0.25) is 0 Å². The fourth-order valence-corrected chi connectivity index (χ4v) is 10.3. The monoisotopic (exact) mass is 817 g/mol. The number of amides is 3. The van der Waals surface area contributed by atoms with Crippen molar-refractivity contribution >= 4 is 56.0 Å². The molecule has 12 nitrogen and oxygen atoms in total. The number of pyridine rings is 1. The van der Waals surface area contributed by atoms with Crippen LogP contribution < -0.4 is 16.3 Å². The first-order chi connectivity index (χ1) is 27.5. The Kier molecular flexibility index (Phi) is 10.6. The lowest BCUT2D eigenvalue weighted by molar-refractivity contribution is -0.141. The second-order valence-electron chi connectivity index (χ2n) is 16.5. The number of carbonyl (C=O) groups excluding carboxylic acids is 3. The highest BCUT2D eigenvalue weighted by Gasteiger charge is 2.35. The van der Waals surface area contributed by atoms with Crippen molar-refractivity contribution in [2.75, 3.05) is 25.0 Å². The molecule has 5 aromatic rings. The second kappa shape index (κ2) is 15.3. The number of carbonyl (C=O) groups is 3. The zero-order valence-corrected chi connectivity index (χ0v) is 33.4. The quantitative estimate of drug-likeness (QED) is 0.142. The summed E-state index contributed by atoms with van der Waals surface area (Å²) in [5.41, 5.74) is 0.920. The molecule has 306 valence electrons. The van der Waals surface area contributed by atoms with Crippen molar-refractivity contribution in [3.05, 3.63) is 86.5 Å². The molecule has 3 fully saturated rings. The first kappa shape index (κ1) is 39.9. The zero-order chi connectivity index (χ0) is 41.1. The summed E-state index contributed by atoms with van der Waals surface area (Å²) in [5.74, 6) is -0.447. The predicted octanol–water partition coefficient (Wildman–Crippen LogP) is 6.97. The Morgan fingerprint density at radius 1 is 0.948 bits per heavy atom. The fraction of sp³-hybridized carbons (Fsp3) is 0.476. The molecule has 1 unspecified atom stereocenters. The number of rotatable bonds is 8. The van der Waals surface area contributed by atoms with E-state index in [2.05, 4.69) is 26.6 Å². The van der Waals surface area contributed by atoms with Gasteiger partial charge >= 0.3 is 11.9 Å². The Morgan fingerprint density at radius 2 is 1.67 bits per heavy atom. The number of alkyl halides is 3. The van der Waals surface area contributed by atoms with E-state index in [1.165, 1.54) is 17.4 Å². The number of halogens is 3. The maximum Gasteiger partial charge on any atom is 0.433 e. The smallest absolute Gasteiger partial charge is 0.386 e. The second-order valence-corrected chi connectivity index (χ2v) is 17.6. The molecule has 8 rings (SSSR count). The molecule has 2 saturated heterocycles. The summed E-state index contributed by atoms with van der Waals surface area (Å²) in [5, 5.41) is 17.1. The molecule has 2 aliphatic heterocycles. The summed E-state index contributed by atoms with van der Waals surface area (Å²) in [7, 11) is 1.76. The maximum absolute atomic E-state index is 13.5. The van der Waals surface area contributed by atoms with Gasteiger partial charge in [0.25, 0.3) is 5.91 Å². The Morgan fingerprint density at radius 3 is 2.36 bits per heavy atom. The van der Waals surface area contributed by atoms with E-state index in [0.29, 0.717) is 29.1 Å². The van der Waals surface area contributed by atoms with Crippen molar-refractivity contribution in [1.29, 1.82) is 0 Å². The molecule has 3 amide bonds. The van der Waals surface area contributed by atoms with Gasteiger partial charge in [0, 0.05) is 37.2 Å². The van der Waals surface area contributed by atoms with Gasteiger partial charge in [-0.2, -0.15) is 13.2 Å². The standard InChI is InChI=1S/C42H46F3N7O5S/c1-41(2,57)27-20-30-33(21-29(27)47-37(54)28-7-5-9-34(46-28)42(43,44)45)58-39(48-30)25-12-10-23(11-13-25)22-51-18-16-24(17-19-51)26-6-4-8-31-36(26)50(3)40(56)52(31)32-14-15-35(53)49-38(32)55/h4-9,20-21,23-25,32,57H,10-19,22H2,1-3H3,(H,47,54)(H,49,53,55). The van der Waals surface area contributed by atoms with Gasteiger partial charge < -0.3 is 15.3 Å². The summed E-state index contributed by atoms with van der Waals surface area (Å²) in [6, 6.07) is 11.9. The van der Waals surface area contributed by atoms with Gasteiger partial charge in [0.05, 0.1) is 31.9 Å². The van der Waals surface area contributed by atoms with Crippen LogP contribution in [0.1, 0.15) is 115 Å². The number of piperidine rings is 2. The minimum Gasteiger partial charge on any atom is -0.386 e. The van der Waals surface area contributed by atoms with Gasteiger partial charge in [-0.1, -0.05) is 18.2 Å². The highest BCUT2D eigenvalue weighted by atomic mass is 32.1. The van der Waals surface area contributed by atoms with E-state index in [4.69, 9.17) is 4.98 Å². The molecule has 16 heteroatoms. The number of benzene rings is 2. The van der Waals surface area contributed by atoms with E-state index in [9.17, 15) is 37.5 Å². The van der Waals surface area contributed by atoms with Crippen LogP contribution in [0.3, 0.4) is 0 Å². The molecule has 3 aliphatic rings. The summed E-state index contributed by atoms with van der Waals surface area (Å²) in [6.07, 6.45) is 1.85. The van der Waals surface area contributed by atoms with Crippen LogP contribution in [0.4, 0.5) is 18.9 Å². The third-order valence-corrected chi connectivity index (χ3v) is 13.3. The lowest BCUT2D eigenvalue weighted by Gasteiger charge is -2.36. The average Bonchev–Trinajstić information content (AvgIpc) is 3.72. The molecule has 3 aromatic heterocycles. The normalized spacial score (nSPS) is 21.5. The maximum atomic E-state index is 13.5. The van der Waals surface area contributed by atoms with E-state index in [0.717, 1.165) is 96.6 Å². The molecule has 1 atom stereocenters. The van der Waals surface area contributed by atoms with Crippen molar-refractivity contribution in [3.8, 4) is 0 Å². The van der Waals surface area contributed by atoms with E-state index in [1.54, 1.807) is 42.2 Å². The number of aryl methyl sites for hydroxylation is 1. The number of hydrogen-bond acceptors (Lipinski definition) is 9. The highest BCUT2D eigenvalue weighted by Crippen LogP contribution is 2.42. The number of nitrogens with zero attached hydrogens (tertiary/aromatic N) is 5. The van der Waals surface area contributed by atoms with Crippen LogP contribution in [0, 0.1) is 5.92 Å². The first-order valence-corrected chi connectivity index (χ1v) is 20.7. The van der Waals surface area contributed by atoms with Gasteiger partial charge in [0.1, 0.15) is 17.4 Å². The molecule has 1 aliphatic carbocycles. The molecule has 2 aromatic carbocycles. The first-order valence-electron chi connectivity index (χ1n) is 19.8. The third kappa shape index (κ3) is 7.81. The minimum atomic E-state index is -4.69. The summed E-state index contributed by atoms with van der Waals surface area (Å²) < 4.78 is 43.8. The van der Waals surface area contributed by atoms with E-state index in [1.807, 2.05) is 12.1 Å². The Balaban J connectivity index is 0.897. The largest absolute Gasteiger partial charge is 0.433 e. The predicted molar refractivity (Wildman–Crippen MR) is 214 cm³/mol. The number of thiazole rings is 1. The van der Waals surface area contributed by atoms with E-state index in [-0.39, 0.29) is 35.5 Å². The van der Waals surface area contributed by atoms with Gasteiger partial charge in [-0.25, -0.2) is 14.8 Å². The third-order valence-electron chi connectivity index (χ3n) is 12.1. The lowest BCUT2D eigenvalue weighted by atomic mass is 9.81. The number of imidazole rings is 1. The lowest BCUT2D eigenvalue weighted by Crippen LogP contribution is -2.44. The molecule has 3 N–H and O–H groups in total. The SMILES string of the molecule is Cn1c(=O)n(C2CCC(=O)NC2=O)c2cccc(C3CCN(CC4CCC(c5nc6cc(C(C)(C)O)c(NC(=O)c7cccc(C(F)(F)F)n7)cc6s5)CC4)CC3)c21. The van der Waals surface area contributed by atoms with Gasteiger partial charge in [0.15, 0.2) is 0 Å². The van der Waals surface area contributed by atoms with Gasteiger partial charge in [0.2, 0.25) is 11.8 Å². The van der Waals surface area contributed by atoms with Crippen molar-refractivity contribution < 1.29 is 32.7 Å². The van der Waals surface area contributed by atoms with Crippen molar-refractivity contribution in [2.45, 2.75) is 94.9 Å². The topological polar surface area (TPSA) is 151 Å². The number of para-hydroxylation sites is 1. The van der Waals surface area contributed by atoms with E-state index >= 15 is 0 Å². The Labute approximate surface area is 336 Å². The van der Waals surface area contributed by atoms with Crippen LogP contribution in [-0.4, -0.2) is 66.5 Å². The Bertz CT molecular complexity index is 2470. The van der Waals surface area contributed by atoms with Crippen molar-refractivity contribution in [1.82, 2.24) is 29.3 Å². The van der Waals surface area contributed by atoms with Gasteiger partial charge in [-0.3, -0.25) is 28.8 Å². The molecular weight excluding hydrogens is 772 g/mol. The molecule has 5 heterocycles. The molecule has 0 radical (unpaired) electrons. The van der Waals surface area contributed by atoms with Gasteiger partial charge in [-0.15, -0.1) is 11.3 Å². The van der Waals surface area contributed by atoms with Crippen LogP contribution in [-0.2, 0) is 28.4 Å². The number of aromatic nitrogens is 4. The molecule has 58 heavy (non-hydrogen) atoms. The van der Waals surface area contributed by atoms with Crippen LogP contribution in [0.25, 0.3) is 21.3 Å². The summed E-state index contributed by atoms with van der Waals surface area (Å²) in [4.78, 5) is 62.1. The molecule has 0 spiro atoms. The van der Waals surface area contributed by atoms with E-state index < -0.39 is 35.3 Å². The van der Waals surface area contributed by atoms with Crippen LogP contribution in [0.15, 0.2) is 53.3 Å². The van der Waals surface area contributed by atoms with Crippen LogP contribution in [0.5, 0.6) is 0 Å². The summed E-state index contributed by atoms with van der Waals surface area (Å²) >= 11 is 1.54. The summed E-state index contributed by atoms with van der Waals surface area (Å²) in [6.45, 7) is 6.08. The number of hydrogen-bond donors (Lipinski definition) is 3. The number of nitrogens with one attached hydrogen (secondary N) is 2. The number of imide groups is 1. The minimum absolute atomic E-state index is 0.201. The highest BCUT2D eigenvalue weighted by molar-refractivity contribution is 7.18. The Hall–Kier alpha value is -4.93. The number of likely N-dealkylation sites (tertiary alicyclic amines) is 1. The van der Waals surface area contributed by atoms with Gasteiger partial charge in [-0.05, 0) is 120 Å². The molecular formula is C42H46F3N7O5S. The zero-order valence-electron chi connectivity index (χ0n) is 32.6. The average molecular weight is 818 g/mol. The van der Waals surface area contributed by atoms with Crippen molar-refractivity contribution in [3.63, 3.8) is 0 Å². The number of aliphatic hydroxyl groups is 1. The number of fused-ring (bicyclic) bond motifs is 2.